The van der Waals surface area contributed by atoms with Crippen molar-refractivity contribution in [2.75, 3.05) is 53.4 Å². The highest BCUT2D eigenvalue weighted by Gasteiger charge is 2.23. The molecule has 28 heavy (non-hydrogen) atoms. The van der Waals surface area contributed by atoms with Crippen molar-refractivity contribution in [2.45, 2.75) is 118 Å². The van der Waals surface area contributed by atoms with Crippen LogP contribution in [-0.4, -0.2) is 62.3 Å². The van der Waals surface area contributed by atoms with E-state index in [2.05, 4.69) is 41.8 Å². The molecule has 0 aliphatic rings. The molecule has 2 heteroatoms. The predicted molar refractivity (Wildman–Crippen MR) is 129 cm³/mol. The molecule has 0 unspecified atom stereocenters. The number of unbranched alkanes of at least 4 members (excludes halogenated alkanes) is 9. The molecule has 170 valence electrons. The molecule has 0 N–H and O–H groups in total. The fourth-order valence-electron chi connectivity index (χ4n) is 4.63. The summed E-state index contributed by atoms with van der Waals surface area (Å²) in [5.74, 6) is 0. The van der Waals surface area contributed by atoms with Crippen LogP contribution < -0.4 is 0 Å². The summed E-state index contributed by atoms with van der Waals surface area (Å²) in [6.07, 6.45) is 19.5. The van der Waals surface area contributed by atoms with E-state index in [4.69, 9.17) is 0 Å². The Kier molecular flexibility index (Phi) is 17.7. The van der Waals surface area contributed by atoms with Crippen molar-refractivity contribution >= 4 is 0 Å². The fraction of sp³-hybridized carbons (Fsp3) is 1.00. The standard InChI is InChI=1S/C26H58N2/c1-7-11-15-21-27(5,22-16-12-8-2)25-19-20-26-28(6,23-17-13-9-3)24-18-14-10-4/h7-26H2,1-6H3/q+2. The summed E-state index contributed by atoms with van der Waals surface area (Å²) in [5.41, 5.74) is 0. The first-order valence-corrected chi connectivity index (χ1v) is 13.1. The summed E-state index contributed by atoms with van der Waals surface area (Å²) in [6, 6.07) is 0. The SMILES string of the molecule is CCCCC[N+](C)(CCCCC)CCCC[N+](C)(CCCCC)CCCCC. The molecule has 0 rings (SSSR count). The molecule has 0 saturated heterocycles. The molecule has 0 aromatic heterocycles. The van der Waals surface area contributed by atoms with Crippen LogP contribution in [0.5, 0.6) is 0 Å². The first kappa shape index (κ1) is 27.9. The number of nitrogens with zero attached hydrogens (tertiary/aromatic N) is 2. The third kappa shape index (κ3) is 14.9. The maximum atomic E-state index is 2.54. The van der Waals surface area contributed by atoms with Crippen molar-refractivity contribution in [3.8, 4) is 0 Å². The van der Waals surface area contributed by atoms with Gasteiger partial charge in [0.2, 0.25) is 0 Å². The maximum Gasteiger partial charge on any atom is 0.0786 e. The largest absolute Gasteiger partial charge is 0.326 e. The molecular formula is C26H58N2+2. The van der Waals surface area contributed by atoms with Crippen LogP contribution in [0.15, 0.2) is 0 Å². The molecule has 0 heterocycles. The van der Waals surface area contributed by atoms with Gasteiger partial charge in [0.15, 0.2) is 0 Å². The zero-order valence-electron chi connectivity index (χ0n) is 21.0. The van der Waals surface area contributed by atoms with Gasteiger partial charge in [-0.25, -0.2) is 0 Å². The van der Waals surface area contributed by atoms with Crippen LogP contribution in [0.4, 0.5) is 0 Å². The normalized spacial score (nSPS) is 12.6. The molecule has 0 saturated carbocycles. The third-order valence-electron chi connectivity index (χ3n) is 6.85. The third-order valence-corrected chi connectivity index (χ3v) is 6.85. The van der Waals surface area contributed by atoms with E-state index in [9.17, 15) is 0 Å². The van der Waals surface area contributed by atoms with E-state index in [0.29, 0.717) is 0 Å². The molecule has 0 bridgehead atoms. The second-order valence-electron chi connectivity index (χ2n) is 10.1. The highest BCUT2D eigenvalue weighted by molar-refractivity contribution is 4.50. The maximum absolute atomic E-state index is 2.54. The van der Waals surface area contributed by atoms with E-state index in [1.807, 2.05) is 0 Å². The highest BCUT2D eigenvalue weighted by atomic mass is 15.3. The number of rotatable bonds is 21. The summed E-state index contributed by atoms with van der Waals surface area (Å²) in [6.45, 7) is 17.7. The Hall–Kier alpha value is -0.0800. The molecule has 0 atom stereocenters. The lowest BCUT2D eigenvalue weighted by Crippen LogP contribution is -2.48. The average molecular weight is 399 g/mol. The van der Waals surface area contributed by atoms with Crippen LogP contribution in [0.3, 0.4) is 0 Å². The van der Waals surface area contributed by atoms with Gasteiger partial charge in [-0.05, 0) is 51.4 Å². The molecule has 0 aromatic rings. The summed E-state index contributed by atoms with van der Waals surface area (Å²) < 4.78 is 2.66. The first-order chi connectivity index (χ1) is 13.4. The Labute approximate surface area is 180 Å². The van der Waals surface area contributed by atoms with Gasteiger partial charge in [0.05, 0.1) is 53.4 Å². The molecule has 0 aliphatic carbocycles. The molecule has 0 aromatic carbocycles. The monoisotopic (exact) mass is 398 g/mol. The predicted octanol–water partition coefficient (Wildman–Crippen LogP) is 7.42. The van der Waals surface area contributed by atoms with Gasteiger partial charge in [-0.2, -0.15) is 0 Å². The van der Waals surface area contributed by atoms with E-state index < -0.39 is 0 Å². The number of quaternary nitrogens is 2. The Balaban J connectivity index is 4.47. The molecule has 0 fully saturated rings. The van der Waals surface area contributed by atoms with E-state index in [0.717, 1.165) is 0 Å². The van der Waals surface area contributed by atoms with Crippen LogP contribution in [0.2, 0.25) is 0 Å². The van der Waals surface area contributed by atoms with Crippen LogP contribution in [0, 0.1) is 0 Å². The van der Waals surface area contributed by atoms with Crippen molar-refractivity contribution in [3.05, 3.63) is 0 Å². The van der Waals surface area contributed by atoms with Gasteiger partial charge < -0.3 is 8.97 Å². The Morgan fingerprint density at radius 3 is 0.679 bits per heavy atom. The van der Waals surface area contributed by atoms with Gasteiger partial charge in [-0.1, -0.05) is 53.4 Å². The molecular weight excluding hydrogens is 340 g/mol. The van der Waals surface area contributed by atoms with Crippen molar-refractivity contribution in [1.82, 2.24) is 0 Å². The lowest BCUT2D eigenvalue weighted by atomic mass is 10.1. The average Bonchev–Trinajstić information content (AvgIpc) is 2.66. The number of hydrogen-bond acceptors (Lipinski definition) is 0. The zero-order valence-corrected chi connectivity index (χ0v) is 21.0. The van der Waals surface area contributed by atoms with Crippen molar-refractivity contribution in [1.29, 1.82) is 0 Å². The van der Waals surface area contributed by atoms with E-state index >= 15 is 0 Å². The fourth-order valence-corrected chi connectivity index (χ4v) is 4.63. The summed E-state index contributed by atoms with van der Waals surface area (Å²) in [5, 5.41) is 0. The van der Waals surface area contributed by atoms with Crippen molar-refractivity contribution in [2.24, 2.45) is 0 Å². The second kappa shape index (κ2) is 17.8. The van der Waals surface area contributed by atoms with E-state index in [1.165, 1.54) is 138 Å². The minimum absolute atomic E-state index is 1.33. The van der Waals surface area contributed by atoms with Gasteiger partial charge in [0.1, 0.15) is 0 Å². The van der Waals surface area contributed by atoms with Crippen molar-refractivity contribution < 1.29 is 8.97 Å². The second-order valence-corrected chi connectivity index (χ2v) is 10.1. The van der Waals surface area contributed by atoms with Crippen LogP contribution in [-0.2, 0) is 0 Å². The molecule has 0 spiro atoms. The quantitative estimate of drug-likeness (QED) is 0.139. The minimum Gasteiger partial charge on any atom is -0.326 e. The molecule has 0 amide bonds. The van der Waals surface area contributed by atoms with Gasteiger partial charge >= 0.3 is 0 Å². The summed E-state index contributed by atoms with van der Waals surface area (Å²) >= 11 is 0. The Morgan fingerprint density at radius 1 is 0.321 bits per heavy atom. The number of hydrogen-bond donors (Lipinski definition) is 0. The van der Waals surface area contributed by atoms with Gasteiger partial charge in [-0.3, -0.25) is 0 Å². The first-order valence-electron chi connectivity index (χ1n) is 13.1. The molecule has 0 radical (unpaired) electrons. The van der Waals surface area contributed by atoms with E-state index in [1.54, 1.807) is 0 Å². The van der Waals surface area contributed by atoms with Gasteiger partial charge in [0, 0.05) is 12.8 Å². The summed E-state index contributed by atoms with van der Waals surface area (Å²) in [7, 11) is 5.09. The Morgan fingerprint density at radius 2 is 0.500 bits per heavy atom. The molecule has 0 aliphatic heterocycles. The van der Waals surface area contributed by atoms with Crippen LogP contribution >= 0.6 is 0 Å². The zero-order chi connectivity index (χ0) is 21.1. The lowest BCUT2D eigenvalue weighted by molar-refractivity contribution is -0.916. The van der Waals surface area contributed by atoms with Crippen LogP contribution in [0.25, 0.3) is 0 Å². The Bertz CT molecular complexity index is 274. The lowest BCUT2D eigenvalue weighted by Gasteiger charge is -2.37. The van der Waals surface area contributed by atoms with E-state index in [-0.39, 0.29) is 0 Å². The summed E-state index contributed by atoms with van der Waals surface area (Å²) in [4.78, 5) is 0. The van der Waals surface area contributed by atoms with Gasteiger partial charge in [0.25, 0.3) is 0 Å². The van der Waals surface area contributed by atoms with Crippen molar-refractivity contribution in [3.63, 3.8) is 0 Å². The van der Waals surface area contributed by atoms with Crippen LogP contribution in [0.1, 0.15) is 118 Å². The topological polar surface area (TPSA) is 0 Å². The highest BCUT2D eigenvalue weighted by Crippen LogP contribution is 2.16. The smallest absolute Gasteiger partial charge is 0.0786 e. The minimum atomic E-state index is 1.33. The van der Waals surface area contributed by atoms with Gasteiger partial charge in [-0.15, -0.1) is 0 Å². The molecule has 2 nitrogen and oxygen atoms in total.